The highest BCUT2D eigenvalue weighted by molar-refractivity contribution is 6.32. The van der Waals surface area contributed by atoms with E-state index in [2.05, 4.69) is 0 Å². The van der Waals surface area contributed by atoms with Gasteiger partial charge < -0.3 is 0 Å². The number of halogens is 1. The Kier molecular flexibility index (Phi) is 2.66. The van der Waals surface area contributed by atoms with E-state index in [-0.39, 0.29) is 5.56 Å². The molecular formula is C11H9ClN2O2. The summed E-state index contributed by atoms with van der Waals surface area (Å²) >= 11 is 5.98. The first-order valence-electron chi connectivity index (χ1n) is 4.65. The van der Waals surface area contributed by atoms with Crippen molar-refractivity contribution in [1.82, 2.24) is 9.13 Å². The summed E-state index contributed by atoms with van der Waals surface area (Å²) in [5.74, 6) is 0. The van der Waals surface area contributed by atoms with E-state index in [1.54, 1.807) is 24.3 Å². The number of nitrogens with zero attached hydrogens (tertiary/aromatic N) is 2. The maximum absolute atomic E-state index is 11.8. The lowest BCUT2D eigenvalue weighted by Crippen LogP contribution is -2.36. The Morgan fingerprint density at radius 3 is 2.50 bits per heavy atom. The summed E-state index contributed by atoms with van der Waals surface area (Å²) in [5.41, 5.74) is -0.196. The minimum Gasteiger partial charge on any atom is -0.269 e. The summed E-state index contributed by atoms with van der Waals surface area (Å²) in [6.07, 6.45) is 1.42. The van der Waals surface area contributed by atoms with Crippen LogP contribution in [0, 0.1) is 0 Å². The molecule has 0 amide bonds. The molecule has 0 N–H and O–H groups in total. The second kappa shape index (κ2) is 3.98. The Labute approximate surface area is 96.3 Å². The third-order valence-electron chi connectivity index (χ3n) is 2.30. The van der Waals surface area contributed by atoms with Crippen molar-refractivity contribution in [3.05, 3.63) is 62.4 Å². The monoisotopic (exact) mass is 236 g/mol. The van der Waals surface area contributed by atoms with E-state index < -0.39 is 5.69 Å². The molecule has 0 aliphatic carbocycles. The number of benzene rings is 1. The molecule has 0 spiro atoms. The van der Waals surface area contributed by atoms with Gasteiger partial charge >= 0.3 is 5.69 Å². The molecule has 0 aliphatic rings. The van der Waals surface area contributed by atoms with E-state index in [0.29, 0.717) is 10.7 Å². The number of hydrogen-bond acceptors (Lipinski definition) is 2. The first-order chi connectivity index (χ1) is 7.61. The normalized spacial score (nSPS) is 10.4. The smallest absolute Gasteiger partial charge is 0.269 e. The summed E-state index contributed by atoms with van der Waals surface area (Å²) < 4.78 is 2.37. The van der Waals surface area contributed by atoms with Crippen molar-refractivity contribution >= 4 is 11.6 Å². The predicted octanol–water partition coefficient (Wildman–Crippen LogP) is 1.19. The van der Waals surface area contributed by atoms with Crippen molar-refractivity contribution in [2.45, 2.75) is 0 Å². The fraction of sp³-hybridized carbons (Fsp3) is 0.0909. The lowest BCUT2D eigenvalue weighted by molar-refractivity contribution is 0.728. The number of hydrogen-bond donors (Lipinski definition) is 0. The van der Waals surface area contributed by atoms with Crippen LogP contribution in [0.2, 0.25) is 5.02 Å². The first-order valence-corrected chi connectivity index (χ1v) is 5.02. The average molecular weight is 237 g/mol. The standard InChI is InChI=1S/C11H9ClN2O2/c1-13-10(15)6-7-14(11(13)16)9-5-3-2-4-8(9)12/h2-7H,1H3. The van der Waals surface area contributed by atoms with Gasteiger partial charge in [-0.05, 0) is 12.1 Å². The van der Waals surface area contributed by atoms with Crippen LogP contribution in [0.1, 0.15) is 0 Å². The van der Waals surface area contributed by atoms with Crippen LogP contribution >= 0.6 is 11.6 Å². The highest BCUT2D eigenvalue weighted by Gasteiger charge is 2.05. The summed E-state index contributed by atoms with van der Waals surface area (Å²) in [4.78, 5) is 23.0. The van der Waals surface area contributed by atoms with E-state index in [1.165, 1.54) is 23.9 Å². The van der Waals surface area contributed by atoms with E-state index in [9.17, 15) is 9.59 Å². The van der Waals surface area contributed by atoms with Crippen LogP contribution in [0.5, 0.6) is 0 Å². The molecule has 0 atom stereocenters. The minimum absolute atomic E-state index is 0.340. The van der Waals surface area contributed by atoms with Gasteiger partial charge in [-0.25, -0.2) is 4.79 Å². The van der Waals surface area contributed by atoms with Gasteiger partial charge in [0.15, 0.2) is 0 Å². The third-order valence-corrected chi connectivity index (χ3v) is 2.62. The second-order valence-corrected chi connectivity index (χ2v) is 3.72. The zero-order valence-corrected chi connectivity index (χ0v) is 9.31. The van der Waals surface area contributed by atoms with Crippen molar-refractivity contribution in [3.8, 4) is 5.69 Å². The quantitative estimate of drug-likeness (QED) is 0.747. The topological polar surface area (TPSA) is 44.0 Å². The van der Waals surface area contributed by atoms with Crippen molar-refractivity contribution in [1.29, 1.82) is 0 Å². The lowest BCUT2D eigenvalue weighted by atomic mass is 10.3. The number of rotatable bonds is 1. The summed E-state index contributed by atoms with van der Waals surface area (Å²) in [6, 6.07) is 8.28. The molecule has 82 valence electrons. The Hall–Kier alpha value is -1.81. The molecule has 2 aromatic rings. The van der Waals surface area contributed by atoms with Crippen LogP contribution in [0.15, 0.2) is 46.1 Å². The molecule has 4 nitrogen and oxygen atoms in total. The largest absolute Gasteiger partial charge is 0.335 e. The Morgan fingerprint density at radius 2 is 1.81 bits per heavy atom. The molecule has 2 rings (SSSR count). The van der Waals surface area contributed by atoms with Crippen LogP contribution in [-0.4, -0.2) is 9.13 Å². The molecule has 0 bridgehead atoms. The number of aromatic nitrogens is 2. The van der Waals surface area contributed by atoms with Gasteiger partial charge in [-0.1, -0.05) is 23.7 Å². The molecular weight excluding hydrogens is 228 g/mol. The lowest BCUT2D eigenvalue weighted by Gasteiger charge is -2.08. The molecule has 1 aromatic carbocycles. The predicted molar refractivity (Wildman–Crippen MR) is 62.3 cm³/mol. The third kappa shape index (κ3) is 1.67. The molecule has 0 unspecified atom stereocenters. The Bertz CT molecular complexity index is 643. The molecule has 5 heteroatoms. The van der Waals surface area contributed by atoms with Crippen LogP contribution in [0.3, 0.4) is 0 Å². The summed E-state index contributed by atoms with van der Waals surface area (Å²) in [6.45, 7) is 0. The molecule has 0 aliphatic heterocycles. The second-order valence-electron chi connectivity index (χ2n) is 3.32. The van der Waals surface area contributed by atoms with Crippen molar-refractivity contribution in [3.63, 3.8) is 0 Å². The van der Waals surface area contributed by atoms with Crippen LogP contribution in [0.25, 0.3) is 5.69 Å². The Morgan fingerprint density at radius 1 is 1.12 bits per heavy atom. The molecule has 1 aromatic heterocycles. The highest BCUT2D eigenvalue weighted by Crippen LogP contribution is 2.17. The van der Waals surface area contributed by atoms with Crippen LogP contribution in [0.4, 0.5) is 0 Å². The zero-order chi connectivity index (χ0) is 11.7. The molecule has 0 saturated carbocycles. The molecule has 16 heavy (non-hydrogen) atoms. The van der Waals surface area contributed by atoms with Gasteiger partial charge in [0.25, 0.3) is 5.56 Å². The van der Waals surface area contributed by atoms with Crippen molar-refractivity contribution < 1.29 is 0 Å². The average Bonchev–Trinajstić information content (AvgIpc) is 2.28. The van der Waals surface area contributed by atoms with E-state index >= 15 is 0 Å². The maximum atomic E-state index is 11.8. The molecule has 0 radical (unpaired) electrons. The maximum Gasteiger partial charge on any atom is 0.335 e. The fourth-order valence-electron chi connectivity index (χ4n) is 1.40. The molecule has 0 fully saturated rings. The van der Waals surface area contributed by atoms with E-state index in [0.717, 1.165) is 4.57 Å². The number of para-hydroxylation sites is 1. The fourth-order valence-corrected chi connectivity index (χ4v) is 1.63. The Balaban J connectivity index is 2.77. The van der Waals surface area contributed by atoms with Crippen molar-refractivity contribution in [2.24, 2.45) is 7.05 Å². The van der Waals surface area contributed by atoms with Crippen LogP contribution in [-0.2, 0) is 7.05 Å². The highest BCUT2D eigenvalue weighted by atomic mass is 35.5. The SMILES string of the molecule is Cn1c(=O)ccn(-c2ccccc2Cl)c1=O. The van der Waals surface area contributed by atoms with Gasteiger partial charge in [-0.3, -0.25) is 13.9 Å². The van der Waals surface area contributed by atoms with Gasteiger partial charge in [0.1, 0.15) is 0 Å². The molecule has 0 saturated heterocycles. The minimum atomic E-state index is -0.416. The van der Waals surface area contributed by atoms with Gasteiger partial charge in [0.2, 0.25) is 0 Å². The van der Waals surface area contributed by atoms with Gasteiger partial charge in [0.05, 0.1) is 10.7 Å². The van der Waals surface area contributed by atoms with Crippen molar-refractivity contribution in [2.75, 3.05) is 0 Å². The summed E-state index contributed by atoms with van der Waals surface area (Å²) in [5, 5.41) is 0.461. The van der Waals surface area contributed by atoms with E-state index in [4.69, 9.17) is 11.6 Å². The van der Waals surface area contributed by atoms with E-state index in [1.807, 2.05) is 0 Å². The molecule has 1 heterocycles. The first kappa shape index (κ1) is 10.7. The summed E-state index contributed by atoms with van der Waals surface area (Å²) in [7, 11) is 1.43. The van der Waals surface area contributed by atoms with Gasteiger partial charge in [-0.2, -0.15) is 0 Å². The zero-order valence-electron chi connectivity index (χ0n) is 8.55. The van der Waals surface area contributed by atoms with Gasteiger partial charge in [-0.15, -0.1) is 0 Å². The van der Waals surface area contributed by atoms with Crippen LogP contribution < -0.4 is 11.2 Å². The van der Waals surface area contributed by atoms with Gasteiger partial charge in [0, 0.05) is 19.3 Å².